The zero-order chi connectivity index (χ0) is 17.2. The number of carbonyl (C=O) groups is 2. The molecule has 2 rings (SSSR count). The zero-order valence-corrected chi connectivity index (χ0v) is 14.3. The Morgan fingerprint density at radius 2 is 2.12 bits per heavy atom. The van der Waals surface area contributed by atoms with Gasteiger partial charge in [0.1, 0.15) is 5.76 Å². The lowest BCUT2D eigenvalue weighted by Crippen LogP contribution is -2.44. The van der Waals surface area contributed by atoms with E-state index in [0.717, 1.165) is 38.1 Å². The molecule has 1 aliphatic rings. The summed E-state index contributed by atoms with van der Waals surface area (Å²) in [6.07, 6.45) is 4.01. The van der Waals surface area contributed by atoms with Gasteiger partial charge in [0, 0.05) is 26.2 Å². The molecule has 1 fully saturated rings. The third-order valence-corrected chi connectivity index (χ3v) is 4.19. The Morgan fingerprint density at radius 3 is 2.79 bits per heavy atom. The number of hydrogen-bond donors (Lipinski definition) is 2. The number of furan rings is 1. The van der Waals surface area contributed by atoms with Crippen molar-refractivity contribution in [2.45, 2.75) is 25.8 Å². The molecule has 0 spiro atoms. The van der Waals surface area contributed by atoms with Crippen molar-refractivity contribution in [3.8, 4) is 0 Å². The molecule has 1 aromatic heterocycles. The van der Waals surface area contributed by atoms with Gasteiger partial charge >= 0.3 is 0 Å². The lowest BCUT2D eigenvalue weighted by Gasteiger charge is -2.30. The van der Waals surface area contributed by atoms with E-state index in [1.54, 1.807) is 19.4 Å². The predicted octanol–water partition coefficient (Wildman–Crippen LogP) is 0.761. The molecule has 134 valence electrons. The maximum absolute atomic E-state index is 12.1. The van der Waals surface area contributed by atoms with Crippen LogP contribution in [-0.4, -0.2) is 56.6 Å². The number of carbonyl (C=O) groups excluding carboxylic acids is 2. The SMILES string of the molecule is COCCCNC(=O)C1CCN(CC(=O)NCc2ccco2)CC1. The van der Waals surface area contributed by atoms with E-state index < -0.39 is 0 Å². The quantitative estimate of drug-likeness (QED) is 0.650. The minimum absolute atomic E-state index is 0.0196. The van der Waals surface area contributed by atoms with E-state index in [-0.39, 0.29) is 17.7 Å². The molecule has 2 N–H and O–H groups in total. The number of rotatable bonds is 9. The van der Waals surface area contributed by atoms with Crippen LogP contribution in [0.1, 0.15) is 25.0 Å². The van der Waals surface area contributed by atoms with E-state index >= 15 is 0 Å². The van der Waals surface area contributed by atoms with Gasteiger partial charge in [-0.1, -0.05) is 0 Å². The van der Waals surface area contributed by atoms with Gasteiger partial charge in [-0.15, -0.1) is 0 Å². The monoisotopic (exact) mass is 337 g/mol. The topological polar surface area (TPSA) is 83.8 Å². The number of likely N-dealkylation sites (tertiary alicyclic amines) is 1. The first-order chi connectivity index (χ1) is 11.7. The summed E-state index contributed by atoms with van der Waals surface area (Å²) in [6.45, 7) is 3.62. The van der Waals surface area contributed by atoms with Crippen molar-refractivity contribution in [3.63, 3.8) is 0 Å². The fourth-order valence-corrected chi connectivity index (χ4v) is 2.78. The summed E-state index contributed by atoms with van der Waals surface area (Å²) in [4.78, 5) is 26.1. The minimum atomic E-state index is -0.0196. The predicted molar refractivity (Wildman–Crippen MR) is 89.2 cm³/mol. The second-order valence-corrected chi connectivity index (χ2v) is 6.04. The van der Waals surface area contributed by atoms with Crippen molar-refractivity contribution in [3.05, 3.63) is 24.2 Å². The highest BCUT2D eigenvalue weighted by Crippen LogP contribution is 2.17. The number of piperidine rings is 1. The van der Waals surface area contributed by atoms with E-state index in [2.05, 4.69) is 15.5 Å². The molecule has 0 aromatic carbocycles. The van der Waals surface area contributed by atoms with Gasteiger partial charge in [-0.25, -0.2) is 0 Å². The molecule has 1 aliphatic heterocycles. The molecule has 7 heteroatoms. The molecule has 24 heavy (non-hydrogen) atoms. The average molecular weight is 337 g/mol. The molecular formula is C17H27N3O4. The van der Waals surface area contributed by atoms with E-state index in [4.69, 9.17) is 9.15 Å². The molecule has 7 nitrogen and oxygen atoms in total. The van der Waals surface area contributed by atoms with Gasteiger partial charge < -0.3 is 19.8 Å². The molecular weight excluding hydrogens is 310 g/mol. The maximum Gasteiger partial charge on any atom is 0.234 e. The van der Waals surface area contributed by atoms with Crippen LogP contribution in [0.4, 0.5) is 0 Å². The van der Waals surface area contributed by atoms with Gasteiger partial charge in [0.05, 0.1) is 19.4 Å². The zero-order valence-electron chi connectivity index (χ0n) is 14.3. The van der Waals surface area contributed by atoms with Crippen LogP contribution in [0, 0.1) is 5.92 Å². The summed E-state index contributed by atoms with van der Waals surface area (Å²) >= 11 is 0. The lowest BCUT2D eigenvalue weighted by molar-refractivity contribution is -0.126. The van der Waals surface area contributed by atoms with Crippen molar-refractivity contribution in [2.75, 3.05) is 39.9 Å². The van der Waals surface area contributed by atoms with Crippen LogP contribution in [0.3, 0.4) is 0 Å². The highest BCUT2D eigenvalue weighted by molar-refractivity contribution is 5.79. The molecule has 0 unspecified atom stereocenters. The molecule has 2 heterocycles. The van der Waals surface area contributed by atoms with E-state index in [9.17, 15) is 9.59 Å². The third kappa shape index (κ3) is 6.33. The van der Waals surface area contributed by atoms with Gasteiger partial charge in [-0.3, -0.25) is 14.5 Å². The van der Waals surface area contributed by atoms with Crippen LogP contribution in [0.2, 0.25) is 0 Å². The second-order valence-electron chi connectivity index (χ2n) is 6.04. The molecule has 2 amide bonds. The van der Waals surface area contributed by atoms with Gasteiger partial charge in [0.15, 0.2) is 0 Å². The Hall–Kier alpha value is -1.86. The van der Waals surface area contributed by atoms with Gasteiger partial charge in [-0.2, -0.15) is 0 Å². The molecule has 1 saturated heterocycles. The summed E-state index contributed by atoms with van der Waals surface area (Å²) in [5.74, 6) is 0.893. The normalized spacial score (nSPS) is 16.0. The number of ether oxygens (including phenoxy) is 1. The van der Waals surface area contributed by atoms with Crippen molar-refractivity contribution < 1.29 is 18.7 Å². The van der Waals surface area contributed by atoms with Gasteiger partial charge in [-0.05, 0) is 44.5 Å². The average Bonchev–Trinajstić information content (AvgIpc) is 3.11. The Labute approximate surface area is 142 Å². The maximum atomic E-state index is 12.1. The van der Waals surface area contributed by atoms with Crippen LogP contribution in [0.15, 0.2) is 22.8 Å². The summed E-state index contributed by atoms with van der Waals surface area (Å²) in [5.41, 5.74) is 0. The largest absolute Gasteiger partial charge is 0.467 e. The number of amides is 2. The van der Waals surface area contributed by atoms with E-state index in [0.29, 0.717) is 26.2 Å². The smallest absolute Gasteiger partial charge is 0.234 e. The van der Waals surface area contributed by atoms with E-state index in [1.165, 1.54) is 0 Å². The van der Waals surface area contributed by atoms with Gasteiger partial charge in [0.2, 0.25) is 11.8 Å². The fraction of sp³-hybridized carbons (Fsp3) is 0.647. The third-order valence-electron chi connectivity index (χ3n) is 4.19. The lowest BCUT2D eigenvalue weighted by atomic mass is 9.96. The van der Waals surface area contributed by atoms with Gasteiger partial charge in [0.25, 0.3) is 0 Å². The Morgan fingerprint density at radius 1 is 1.33 bits per heavy atom. The van der Waals surface area contributed by atoms with Crippen molar-refractivity contribution in [1.82, 2.24) is 15.5 Å². The first-order valence-corrected chi connectivity index (χ1v) is 8.47. The summed E-state index contributed by atoms with van der Waals surface area (Å²) in [5, 5.41) is 5.79. The number of nitrogens with zero attached hydrogens (tertiary/aromatic N) is 1. The van der Waals surface area contributed by atoms with Crippen molar-refractivity contribution in [2.24, 2.45) is 5.92 Å². The Kier molecular flexibility index (Phi) is 7.77. The van der Waals surface area contributed by atoms with Crippen LogP contribution in [-0.2, 0) is 20.9 Å². The number of hydrogen-bond acceptors (Lipinski definition) is 5. The fourth-order valence-electron chi connectivity index (χ4n) is 2.78. The molecule has 0 aliphatic carbocycles. The standard InChI is InChI=1S/C17H27N3O4/c1-23-10-3-7-18-17(22)14-5-8-20(9-6-14)13-16(21)19-12-15-4-2-11-24-15/h2,4,11,14H,3,5-10,12-13H2,1H3,(H,18,22)(H,19,21). The Bertz CT molecular complexity index is 496. The summed E-state index contributed by atoms with van der Waals surface area (Å²) in [6, 6.07) is 3.63. The number of methoxy groups -OCH3 is 1. The summed E-state index contributed by atoms with van der Waals surface area (Å²) < 4.78 is 10.1. The first kappa shape index (κ1) is 18.5. The highest BCUT2D eigenvalue weighted by atomic mass is 16.5. The molecule has 0 bridgehead atoms. The van der Waals surface area contributed by atoms with Crippen LogP contribution in [0.25, 0.3) is 0 Å². The number of nitrogens with one attached hydrogen (secondary N) is 2. The van der Waals surface area contributed by atoms with Crippen molar-refractivity contribution >= 4 is 11.8 Å². The minimum Gasteiger partial charge on any atom is -0.467 e. The van der Waals surface area contributed by atoms with Crippen LogP contribution >= 0.6 is 0 Å². The van der Waals surface area contributed by atoms with Crippen LogP contribution < -0.4 is 10.6 Å². The second kappa shape index (κ2) is 10.1. The first-order valence-electron chi connectivity index (χ1n) is 8.47. The molecule has 0 radical (unpaired) electrons. The molecule has 0 atom stereocenters. The summed E-state index contributed by atoms with van der Waals surface area (Å²) in [7, 11) is 1.66. The van der Waals surface area contributed by atoms with Crippen molar-refractivity contribution in [1.29, 1.82) is 0 Å². The van der Waals surface area contributed by atoms with E-state index in [1.807, 2.05) is 6.07 Å². The molecule has 0 saturated carbocycles. The van der Waals surface area contributed by atoms with Crippen LogP contribution in [0.5, 0.6) is 0 Å². The Balaban J connectivity index is 1.59. The highest BCUT2D eigenvalue weighted by Gasteiger charge is 2.25. The molecule has 1 aromatic rings.